The second-order valence-electron chi connectivity index (χ2n) is 10.5. The summed E-state index contributed by atoms with van der Waals surface area (Å²) in [4.78, 5) is 39.2. The molecule has 0 aromatic carbocycles. The Balaban J connectivity index is 1.75. The first-order chi connectivity index (χ1) is 14.3. The maximum absolute atomic E-state index is 13.1. The van der Waals surface area contributed by atoms with Crippen molar-refractivity contribution in [1.82, 2.24) is 25.6 Å². The predicted octanol–water partition coefficient (Wildman–Crippen LogP) is 3.35. The maximum Gasteiger partial charge on any atom is 0.252 e. The number of aromatic nitrogens is 3. The van der Waals surface area contributed by atoms with Crippen molar-refractivity contribution >= 4 is 11.8 Å². The second kappa shape index (κ2) is 8.02. The van der Waals surface area contributed by atoms with E-state index in [0.29, 0.717) is 24.1 Å². The smallest absolute Gasteiger partial charge is 0.252 e. The zero-order valence-electron chi connectivity index (χ0n) is 19.6. The van der Waals surface area contributed by atoms with Crippen LogP contribution in [-0.2, 0) is 22.2 Å². The Kier molecular flexibility index (Phi) is 5.91. The number of nitrogens with zero attached hydrogens (tertiary/aromatic N) is 3. The van der Waals surface area contributed by atoms with Gasteiger partial charge in [0.25, 0.3) is 5.91 Å². The van der Waals surface area contributed by atoms with E-state index in [1.807, 2.05) is 19.1 Å². The minimum absolute atomic E-state index is 0.190. The van der Waals surface area contributed by atoms with Crippen LogP contribution in [0.1, 0.15) is 87.5 Å². The van der Waals surface area contributed by atoms with Gasteiger partial charge in [0.1, 0.15) is 5.54 Å². The third-order valence-electron chi connectivity index (χ3n) is 5.43. The molecule has 0 unspecified atom stereocenters. The molecule has 0 aliphatic heterocycles. The first-order valence-corrected chi connectivity index (χ1v) is 10.7. The molecule has 7 heteroatoms. The fraction of sp³-hybridized carbons (Fsp3) is 0.542. The number of hydrogen-bond donors (Lipinski definition) is 2. The number of nitrogens with one attached hydrogen (secondary N) is 2. The van der Waals surface area contributed by atoms with Crippen LogP contribution in [0, 0.1) is 6.92 Å². The van der Waals surface area contributed by atoms with E-state index >= 15 is 0 Å². The summed E-state index contributed by atoms with van der Waals surface area (Å²) in [6, 6.07) is 3.67. The Morgan fingerprint density at radius 3 is 2.00 bits per heavy atom. The van der Waals surface area contributed by atoms with Gasteiger partial charge in [-0.05, 0) is 31.9 Å². The Morgan fingerprint density at radius 1 is 0.968 bits per heavy atom. The Hall–Kier alpha value is -2.83. The molecule has 0 saturated heterocycles. The lowest BCUT2D eigenvalue weighted by Crippen LogP contribution is -2.49. The van der Waals surface area contributed by atoms with E-state index < -0.39 is 5.54 Å². The highest BCUT2D eigenvalue weighted by Crippen LogP contribution is 2.36. The number of hydrogen-bond acceptors (Lipinski definition) is 5. The van der Waals surface area contributed by atoms with Gasteiger partial charge < -0.3 is 10.6 Å². The van der Waals surface area contributed by atoms with Crippen LogP contribution in [0.2, 0.25) is 0 Å². The summed E-state index contributed by atoms with van der Waals surface area (Å²) < 4.78 is 0. The standard InChI is InChI=1S/C24H33N5O2/c1-15-12-26-17(13-25-15)14-27-21(31)24(8-9-24)29-20(30)16-10-18(22(2,3)4)28-19(11-16)23(5,6)7/h10-13H,8-9,14H2,1-7H3,(H,27,31)(H,29,30). The number of carbonyl (C=O) groups excluding carboxylic acids is 2. The minimum Gasteiger partial charge on any atom is -0.348 e. The zero-order chi connectivity index (χ0) is 23.0. The number of rotatable bonds is 5. The molecule has 1 saturated carbocycles. The highest BCUT2D eigenvalue weighted by Gasteiger charge is 2.51. The third kappa shape index (κ3) is 5.46. The molecule has 0 radical (unpaired) electrons. The van der Waals surface area contributed by atoms with E-state index in [-0.39, 0.29) is 29.2 Å². The molecule has 0 bridgehead atoms. The largest absolute Gasteiger partial charge is 0.348 e. The molecule has 2 aromatic heterocycles. The Labute approximate surface area is 184 Å². The van der Waals surface area contributed by atoms with Crippen LogP contribution in [0.15, 0.2) is 24.5 Å². The first-order valence-electron chi connectivity index (χ1n) is 10.7. The summed E-state index contributed by atoms with van der Waals surface area (Å²) in [5.74, 6) is -0.439. The van der Waals surface area contributed by atoms with Gasteiger partial charge >= 0.3 is 0 Å². The molecular formula is C24H33N5O2. The molecule has 1 aliphatic carbocycles. The molecule has 2 aromatic rings. The van der Waals surface area contributed by atoms with E-state index in [2.05, 4.69) is 62.1 Å². The second-order valence-corrected chi connectivity index (χ2v) is 10.5. The van der Waals surface area contributed by atoms with Crippen molar-refractivity contribution in [2.24, 2.45) is 0 Å². The summed E-state index contributed by atoms with van der Waals surface area (Å²) in [5, 5.41) is 5.85. The van der Waals surface area contributed by atoms with Crippen LogP contribution in [0.5, 0.6) is 0 Å². The molecule has 2 N–H and O–H groups in total. The van der Waals surface area contributed by atoms with Crippen molar-refractivity contribution in [3.05, 3.63) is 52.9 Å². The van der Waals surface area contributed by atoms with Crippen molar-refractivity contribution in [2.45, 2.75) is 84.2 Å². The zero-order valence-corrected chi connectivity index (χ0v) is 19.6. The topological polar surface area (TPSA) is 96.9 Å². The molecule has 1 fully saturated rings. The monoisotopic (exact) mass is 423 g/mol. The molecule has 166 valence electrons. The summed E-state index contributed by atoms with van der Waals surface area (Å²) in [6.07, 6.45) is 4.55. The number of aryl methyl sites for hydroxylation is 1. The normalized spacial score (nSPS) is 15.3. The van der Waals surface area contributed by atoms with Crippen LogP contribution in [0.3, 0.4) is 0 Å². The van der Waals surface area contributed by atoms with Gasteiger partial charge in [-0.1, -0.05) is 41.5 Å². The lowest BCUT2D eigenvalue weighted by molar-refractivity contribution is -0.124. The highest BCUT2D eigenvalue weighted by atomic mass is 16.2. The average Bonchev–Trinajstić information content (AvgIpc) is 3.46. The fourth-order valence-corrected chi connectivity index (χ4v) is 3.10. The van der Waals surface area contributed by atoms with Crippen LogP contribution in [0.4, 0.5) is 0 Å². The number of pyridine rings is 1. The summed E-state index contributed by atoms with van der Waals surface area (Å²) in [6.45, 7) is 14.6. The van der Waals surface area contributed by atoms with Crippen LogP contribution in [-0.4, -0.2) is 32.3 Å². The lowest BCUT2D eigenvalue weighted by Gasteiger charge is -2.25. The molecular weight excluding hydrogens is 390 g/mol. The van der Waals surface area contributed by atoms with Crippen LogP contribution < -0.4 is 10.6 Å². The average molecular weight is 424 g/mol. The number of carbonyl (C=O) groups is 2. The van der Waals surface area contributed by atoms with Gasteiger partial charge in [0.05, 0.1) is 24.1 Å². The first kappa shape index (κ1) is 22.8. The van der Waals surface area contributed by atoms with E-state index in [0.717, 1.165) is 17.1 Å². The van der Waals surface area contributed by atoms with E-state index in [1.54, 1.807) is 12.4 Å². The van der Waals surface area contributed by atoms with Crippen molar-refractivity contribution in [2.75, 3.05) is 0 Å². The summed E-state index contributed by atoms with van der Waals surface area (Å²) >= 11 is 0. The predicted molar refractivity (Wildman–Crippen MR) is 120 cm³/mol. The maximum atomic E-state index is 13.1. The molecule has 0 atom stereocenters. The van der Waals surface area contributed by atoms with Gasteiger partial charge in [-0.3, -0.25) is 24.5 Å². The molecule has 2 heterocycles. The van der Waals surface area contributed by atoms with E-state index in [1.165, 1.54) is 0 Å². The van der Waals surface area contributed by atoms with E-state index in [9.17, 15) is 9.59 Å². The SMILES string of the molecule is Cc1cnc(CNC(=O)C2(NC(=O)c3cc(C(C)(C)C)nc(C(C)(C)C)c3)CC2)cn1. The van der Waals surface area contributed by atoms with Gasteiger partial charge in [0.15, 0.2) is 0 Å². The summed E-state index contributed by atoms with van der Waals surface area (Å²) in [5.41, 5.74) is 2.51. The Bertz CT molecular complexity index is 948. The van der Waals surface area contributed by atoms with Crippen molar-refractivity contribution in [3.8, 4) is 0 Å². The summed E-state index contributed by atoms with van der Waals surface area (Å²) in [7, 11) is 0. The van der Waals surface area contributed by atoms with Gasteiger partial charge in [0.2, 0.25) is 5.91 Å². The van der Waals surface area contributed by atoms with Crippen molar-refractivity contribution in [1.29, 1.82) is 0 Å². The molecule has 3 rings (SSSR count). The third-order valence-corrected chi connectivity index (χ3v) is 5.43. The quantitative estimate of drug-likeness (QED) is 0.769. The van der Waals surface area contributed by atoms with Gasteiger partial charge in [-0.2, -0.15) is 0 Å². The molecule has 0 spiro atoms. The van der Waals surface area contributed by atoms with Crippen LogP contribution in [0.25, 0.3) is 0 Å². The Morgan fingerprint density at radius 2 is 1.55 bits per heavy atom. The van der Waals surface area contributed by atoms with Crippen LogP contribution >= 0.6 is 0 Å². The van der Waals surface area contributed by atoms with E-state index in [4.69, 9.17) is 4.98 Å². The highest BCUT2D eigenvalue weighted by molar-refractivity contribution is 6.00. The van der Waals surface area contributed by atoms with Gasteiger partial charge in [-0.15, -0.1) is 0 Å². The lowest BCUT2D eigenvalue weighted by atomic mass is 9.86. The fourth-order valence-electron chi connectivity index (χ4n) is 3.10. The number of amides is 2. The molecule has 1 aliphatic rings. The molecule has 31 heavy (non-hydrogen) atoms. The van der Waals surface area contributed by atoms with Crippen molar-refractivity contribution < 1.29 is 9.59 Å². The molecule has 7 nitrogen and oxygen atoms in total. The van der Waals surface area contributed by atoms with Gasteiger partial charge in [0, 0.05) is 34.0 Å². The molecule has 2 amide bonds. The van der Waals surface area contributed by atoms with Crippen molar-refractivity contribution in [3.63, 3.8) is 0 Å². The van der Waals surface area contributed by atoms with Gasteiger partial charge in [-0.25, -0.2) is 0 Å². The minimum atomic E-state index is -0.859.